The quantitative estimate of drug-likeness (QED) is 0.469. The summed E-state index contributed by atoms with van der Waals surface area (Å²) in [4.78, 5) is 4.27. The van der Waals surface area contributed by atoms with Gasteiger partial charge >= 0.3 is 0 Å². The topological polar surface area (TPSA) is 65.9 Å². The predicted molar refractivity (Wildman–Crippen MR) is 111 cm³/mol. The first-order valence-corrected chi connectivity index (χ1v) is 9.42. The highest BCUT2D eigenvalue weighted by molar-refractivity contribution is 5.79. The molecule has 2 rings (SSSR count). The minimum absolute atomic E-state index is 0.0289. The van der Waals surface area contributed by atoms with Gasteiger partial charge in [-0.2, -0.15) is 0 Å². The molecule has 0 saturated heterocycles. The number of rotatable bonds is 9. The summed E-state index contributed by atoms with van der Waals surface area (Å²) in [5.41, 5.74) is 3.45. The van der Waals surface area contributed by atoms with E-state index in [4.69, 9.17) is 4.74 Å². The highest BCUT2D eigenvalue weighted by Gasteiger charge is 2.10. The first kappa shape index (κ1) is 20.9. The van der Waals surface area contributed by atoms with E-state index in [1.807, 2.05) is 50.2 Å². The van der Waals surface area contributed by atoms with Crippen LogP contribution in [0.1, 0.15) is 36.5 Å². The van der Waals surface area contributed by atoms with Gasteiger partial charge < -0.3 is 20.5 Å². The van der Waals surface area contributed by atoms with Crippen molar-refractivity contribution in [3.63, 3.8) is 0 Å². The van der Waals surface area contributed by atoms with Gasteiger partial charge in [0.05, 0.1) is 19.3 Å². The Morgan fingerprint density at radius 2 is 1.78 bits per heavy atom. The maximum atomic E-state index is 9.68. The van der Waals surface area contributed by atoms with E-state index in [9.17, 15) is 5.11 Å². The van der Waals surface area contributed by atoms with Crippen LogP contribution >= 0.6 is 0 Å². The SMILES string of the molecule is CN=C(NCc1cccc(COC(C)C)c1)NCC(CO)c1ccccc1. The molecular weight excluding hydrogens is 338 g/mol. The van der Waals surface area contributed by atoms with Crippen LogP contribution in [0, 0.1) is 0 Å². The number of hydrogen-bond donors (Lipinski definition) is 3. The van der Waals surface area contributed by atoms with Crippen LogP contribution in [0.4, 0.5) is 0 Å². The molecule has 5 heteroatoms. The zero-order valence-corrected chi connectivity index (χ0v) is 16.5. The van der Waals surface area contributed by atoms with E-state index in [0.29, 0.717) is 25.7 Å². The molecule has 3 N–H and O–H groups in total. The molecule has 1 atom stereocenters. The number of guanidine groups is 1. The molecule has 27 heavy (non-hydrogen) atoms. The van der Waals surface area contributed by atoms with Gasteiger partial charge in [0, 0.05) is 26.1 Å². The Kier molecular flexibility index (Phi) is 8.81. The Bertz CT molecular complexity index is 702. The fraction of sp³-hybridized carbons (Fsp3) is 0.409. The van der Waals surface area contributed by atoms with Crippen molar-refractivity contribution in [1.82, 2.24) is 10.6 Å². The largest absolute Gasteiger partial charge is 0.396 e. The van der Waals surface area contributed by atoms with E-state index >= 15 is 0 Å². The van der Waals surface area contributed by atoms with E-state index in [1.54, 1.807) is 7.05 Å². The summed E-state index contributed by atoms with van der Waals surface area (Å²) in [5, 5.41) is 16.3. The van der Waals surface area contributed by atoms with Crippen molar-refractivity contribution in [3.8, 4) is 0 Å². The van der Waals surface area contributed by atoms with Crippen LogP contribution in [0.5, 0.6) is 0 Å². The molecule has 0 fully saturated rings. The Balaban J connectivity index is 1.85. The zero-order chi connectivity index (χ0) is 19.5. The van der Waals surface area contributed by atoms with Crippen LogP contribution in [0.3, 0.4) is 0 Å². The molecule has 5 nitrogen and oxygen atoms in total. The fourth-order valence-corrected chi connectivity index (χ4v) is 2.73. The summed E-state index contributed by atoms with van der Waals surface area (Å²) in [6.07, 6.45) is 0.221. The van der Waals surface area contributed by atoms with Crippen molar-refractivity contribution in [2.75, 3.05) is 20.2 Å². The summed E-state index contributed by atoms with van der Waals surface area (Å²) in [6, 6.07) is 18.4. The molecule has 0 aliphatic rings. The monoisotopic (exact) mass is 369 g/mol. The van der Waals surface area contributed by atoms with E-state index in [0.717, 1.165) is 11.1 Å². The summed E-state index contributed by atoms with van der Waals surface area (Å²) in [5.74, 6) is 0.745. The molecule has 0 aliphatic heterocycles. The normalized spacial score (nSPS) is 12.9. The molecule has 2 aromatic carbocycles. The second-order valence-corrected chi connectivity index (χ2v) is 6.78. The van der Waals surface area contributed by atoms with Gasteiger partial charge in [-0.05, 0) is 30.5 Å². The third kappa shape index (κ3) is 7.41. The minimum atomic E-state index is 0.0289. The number of nitrogens with one attached hydrogen (secondary N) is 2. The number of hydrogen-bond acceptors (Lipinski definition) is 3. The molecule has 0 aromatic heterocycles. The molecule has 0 amide bonds. The van der Waals surface area contributed by atoms with E-state index in [2.05, 4.69) is 33.8 Å². The van der Waals surface area contributed by atoms with Gasteiger partial charge in [-0.3, -0.25) is 4.99 Å². The highest BCUT2D eigenvalue weighted by Crippen LogP contribution is 2.13. The number of benzene rings is 2. The van der Waals surface area contributed by atoms with Crippen LogP contribution in [0.25, 0.3) is 0 Å². The summed E-state index contributed by atoms with van der Waals surface area (Å²) in [7, 11) is 1.75. The molecule has 0 saturated carbocycles. The third-order valence-corrected chi connectivity index (χ3v) is 4.27. The Labute approximate surface area is 162 Å². The molecule has 146 valence electrons. The molecule has 0 spiro atoms. The predicted octanol–water partition coefficient (Wildman–Crippen LogP) is 3.05. The Morgan fingerprint density at radius 3 is 2.44 bits per heavy atom. The molecular formula is C22H31N3O2. The molecule has 0 heterocycles. The lowest BCUT2D eigenvalue weighted by molar-refractivity contribution is 0.0657. The van der Waals surface area contributed by atoms with Gasteiger partial charge in [0.1, 0.15) is 0 Å². The fourth-order valence-electron chi connectivity index (χ4n) is 2.73. The average Bonchev–Trinajstić information content (AvgIpc) is 2.70. The number of aliphatic hydroxyl groups excluding tert-OH is 1. The van der Waals surface area contributed by atoms with Crippen molar-refractivity contribution in [2.24, 2.45) is 4.99 Å². The van der Waals surface area contributed by atoms with Crippen molar-refractivity contribution in [3.05, 3.63) is 71.3 Å². The maximum absolute atomic E-state index is 9.68. The zero-order valence-electron chi connectivity index (χ0n) is 16.5. The van der Waals surface area contributed by atoms with Gasteiger partial charge in [-0.25, -0.2) is 0 Å². The van der Waals surface area contributed by atoms with Crippen molar-refractivity contribution in [1.29, 1.82) is 0 Å². The van der Waals surface area contributed by atoms with Crippen LogP contribution < -0.4 is 10.6 Å². The van der Waals surface area contributed by atoms with Crippen LogP contribution in [-0.2, 0) is 17.9 Å². The molecule has 1 unspecified atom stereocenters. The third-order valence-electron chi connectivity index (χ3n) is 4.27. The Morgan fingerprint density at radius 1 is 1.04 bits per heavy atom. The molecule has 0 radical (unpaired) electrons. The lowest BCUT2D eigenvalue weighted by atomic mass is 10.0. The van der Waals surface area contributed by atoms with Gasteiger partial charge in [-0.1, -0.05) is 54.6 Å². The van der Waals surface area contributed by atoms with Crippen molar-refractivity contribution in [2.45, 2.75) is 39.0 Å². The van der Waals surface area contributed by atoms with Gasteiger partial charge in [-0.15, -0.1) is 0 Å². The first-order chi connectivity index (χ1) is 13.1. The van der Waals surface area contributed by atoms with E-state index < -0.39 is 0 Å². The molecule has 0 bridgehead atoms. The smallest absolute Gasteiger partial charge is 0.191 e. The number of aliphatic imine (C=N–C) groups is 1. The lowest BCUT2D eigenvalue weighted by Crippen LogP contribution is -2.39. The summed E-state index contributed by atoms with van der Waals surface area (Å²) >= 11 is 0. The highest BCUT2D eigenvalue weighted by atomic mass is 16.5. The lowest BCUT2D eigenvalue weighted by Gasteiger charge is -2.18. The van der Waals surface area contributed by atoms with Crippen LogP contribution in [-0.4, -0.2) is 37.4 Å². The Hall–Kier alpha value is -2.37. The first-order valence-electron chi connectivity index (χ1n) is 9.42. The number of nitrogens with zero attached hydrogens (tertiary/aromatic N) is 1. The van der Waals surface area contributed by atoms with Gasteiger partial charge in [0.25, 0.3) is 0 Å². The van der Waals surface area contributed by atoms with Crippen LogP contribution in [0.15, 0.2) is 59.6 Å². The van der Waals surface area contributed by atoms with Crippen LogP contribution in [0.2, 0.25) is 0 Å². The minimum Gasteiger partial charge on any atom is -0.396 e. The average molecular weight is 370 g/mol. The van der Waals surface area contributed by atoms with Gasteiger partial charge in [0.2, 0.25) is 0 Å². The standard InChI is InChI=1S/C22H31N3O2/c1-17(2)27-16-19-9-7-8-18(12-19)13-24-22(23-3)25-14-21(15-26)20-10-5-4-6-11-20/h4-12,17,21,26H,13-16H2,1-3H3,(H2,23,24,25). The van der Waals surface area contributed by atoms with Gasteiger partial charge in [0.15, 0.2) is 5.96 Å². The van der Waals surface area contributed by atoms with Crippen molar-refractivity contribution < 1.29 is 9.84 Å². The second-order valence-electron chi connectivity index (χ2n) is 6.78. The number of ether oxygens (including phenoxy) is 1. The van der Waals surface area contributed by atoms with E-state index in [1.165, 1.54) is 5.56 Å². The van der Waals surface area contributed by atoms with Crippen molar-refractivity contribution >= 4 is 5.96 Å². The summed E-state index contributed by atoms with van der Waals surface area (Å²) < 4.78 is 5.67. The molecule has 0 aliphatic carbocycles. The van der Waals surface area contributed by atoms with E-state index in [-0.39, 0.29) is 18.6 Å². The maximum Gasteiger partial charge on any atom is 0.191 e. The number of aliphatic hydroxyl groups is 1. The second kappa shape index (κ2) is 11.4. The summed E-state index contributed by atoms with van der Waals surface area (Å²) in [6.45, 7) is 6.07. The molecule has 2 aromatic rings.